The topological polar surface area (TPSA) is 78.0 Å². The molecule has 33 heavy (non-hydrogen) atoms. The lowest BCUT2D eigenvalue weighted by Gasteiger charge is -2.36. The summed E-state index contributed by atoms with van der Waals surface area (Å²) in [5, 5.41) is 1.27. The summed E-state index contributed by atoms with van der Waals surface area (Å²) in [7, 11) is -3.38. The lowest BCUT2D eigenvalue weighted by atomic mass is 9.84. The molecule has 3 aliphatic rings. The molecule has 0 unspecified atom stereocenters. The van der Waals surface area contributed by atoms with Gasteiger partial charge in [-0.25, -0.2) is 0 Å². The standard InChI is InChI=1S/C23H35N5O3S2/c29-33(30,28-15-17-31-18-16-28)25-20-7-5-19(6-8-20)9-10-26-11-13-27(14-12-26)23-21-3-1-2-4-22(21)32-24-23/h1-4,19-20,25H,5-18H2/t19-,20-. The molecule has 1 aromatic carbocycles. The summed E-state index contributed by atoms with van der Waals surface area (Å²) in [6, 6.07) is 8.58. The normalized spacial score (nSPS) is 26.1. The van der Waals surface area contributed by atoms with Crippen molar-refractivity contribution in [3.05, 3.63) is 24.3 Å². The Labute approximate surface area is 201 Å². The maximum Gasteiger partial charge on any atom is 0.279 e. The predicted octanol–water partition coefficient (Wildman–Crippen LogP) is 2.53. The summed E-state index contributed by atoms with van der Waals surface area (Å²) in [5.74, 6) is 1.85. The Morgan fingerprint density at radius 3 is 2.48 bits per heavy atom. The van der Waals surface area contributed by atoms with Gasteiger partial charge < -0.3 is 9.64 Å². The fourth-order valence-electron chi connectivity index (χ4n) is 5.29. The third-order valence-corrected chi connectivity index (χ3v) is 9.85. The SMILES string of the molecule is O=S(=O)(N[C@H]1CC[C@H](CCN2CCN(c3nsc4ccccc34)CC2)CC1)N1CCOCC1. The number of nitrogens with one attached hydrogen (secondary N) is 1. The molecular weight excluding hydrogens is 458 g/mol. The minimum absolute atomic E-state index is 0.0746. The number of anilines is 1. The van der Waals surface area contributed by atoms with Crippen LogP contribution < -0.4 is 9.62 Å². The van der Waals surface area contributed by atoms with Gasteiger partial charge in [-0.2, -0.15) is 21.8 Å². The van der Waals surface area contributed by atoms with Crippen LogP contribution in [0.3, 0.4) is 0 Å². The molecule has 1 N–H and O–H groups in total. The Balaban J connectivity index is 1.02. The van der Waals surface area contributed by atoms with Crippen molar-refractivity contribution in [2.45, 2.75) is 38.1 Å². The van der Waals surface area contributed by atoms with Gasteiger partial charge in [-0.05, 0) is 68.2 Å². The minimum Gasteiger partial charge on any atom is -0.379 e. The zero-order chi connectivity index (χ0) is 22.7. The first-order chi connectivity index (χ1) is 16.1. The zero-order valence-electron chi connectivity index (χ0n) is 19.2. The molecule has 0 amide bonds. The molecule has 8 nitrogen and oxygen atoms in total. The molecule has 5 rings (SSSR count). The Hall–Kier alpha value is -1.30. The molecule has 10 heteroatoms. The van der Waals surface area contributed by atoms with E-state index in [1.165, 1.54) is 20.8 Å². The third-order valence-electron chi connectivity index (χ3n) is 7.36. The number of piperazine rings is 1. The average molecular weight is 494 g/mol. The highest BCUT2D eigenvalue weighted by atomic mass is 32.2. The van der Waals surface area contributed by atoms with Crippen LogP contribution in [0.4, 0.5) is 5.82 Å². The molecule has 2 aliphatic heterocycles. The van der Waals surface area contributed by atoms with Gasteiger partial charge in [0.1, 0.15) is 5.82 Å². The number of hydrogen-bond acceptors (Lipinski definition) is 7. The second kappa shape index (κ2) is 10.5. The maximum absolute atomic E-state index is 12.6. The summed E-state index contributed by atoms with van der Waals surface area (Å²) in [4.78, 5) is 5.01. The molecule has 1 saturated carbocycles. The Bertz CT molecular complexity index is 1010. The van der Waals surface area contributed by atoms with Crippen molar-refractivity contribution in [1.29, 1.82) is 0 Å². The number of rotatable bonds is 7. The van der Waals surface area contributed by atoms with Gasteiger partial charge in [0.15, 0.2) is 0 Å². The van der Waals surface area contributed by atoms with Crippen LogP contribution in [-0.4, -0.2) is 87.1 Å². The van der Waals surface area contributed by atoms with E-state index in [4.69, 9.17) is 9.11 Å². The maximum atomic E-state index is 12.6. The molecular formula is C23H35N5O3S2. The summed E-state index contributed by atoms with van der Waals surface area (Å²) in [6.07, 6.45) is 5.32. The van der Waals surface area contributed by atoms with E-state index in [-0.39, 0.29) is 6.04 Å². The van der Waals surface area contributed by atoms with Crippen molar-refractivity contribution in [1.82, 2.24) is 18.3 Å². The molecule has 1 aromatic heterocycles. The van der Waals surface area contributed by atoms with E-state index in [1.54, 1.807) is 11.5 Å². The molecule has 1 aliphatic carbocycles. The van der Waals surface area contributed by atoms with Crippen LogP contribution in [0, 0.1) is 5.92 Å². The van der Waals surface area contributed by atoms with Gasteiger partial charge in [0.2, 0.25) is 0 Å². The van der Waals surface area contributed by atoms with E-state index in [1.807, 2.05) is 0 Å². The monoisotopic (exact) mass is 493 g/mol. The third kappa shape index (κ3) is 5.68. The average Bonchev–Trinajstić information content (AvgIpc) is 3.29. The van der Waals surface area contributed by atoms with Crippen molar-refractivity contribution < 1.29 is 13.2 Å². The van der Waals surface area contributed by atoms with E-state index >= 15 is 0 Å². The van der Waals surface area contributed by atoms with Crippen molar-refractivity contribution in [2.75, 3.05) is 63.9 Å². The quantitative estimate of drug-likeness (QED) is 0.639. The van der Waals surface area contributed by atoms with Gasteiger partial charge in [-0.15, -0.1) is 0 Å². The molecule has 3 fully saturated rings. The summed E-state index contributed by atoms with van der Waals surface area (Å²) < 4.78 is 40.9. The second-order valence-corrected chi connectivity index (χ2v) is 12.0. The number of aromatic nitrogens is 1. The molecule has 2 saturated heterocycles. The highest BCUT2D eigenvalue weighted by Crippen LogP contribution is 2.31. The second-order valence-electron chi connectivity index (χ2n) is 9.47. The fourth-order valence-corrected chi connectivity index (χ4v) is 7.52. The minimum atomic E-state index is -3.38. The largest absolute Gasteiger partial charge is 0.379 e. The highest BCUT2D eigenvalue weighted by Gasteiger charge is 2.30. The summed E-state index contributed by atoms with van der Waals surface area (Å²) >= 11 is 1.59. The zero-order valence-corrected chi connectivity index (χ0v) is 20.8. The first kappa shape index (κ1) is 23.4. The van der Waals surface area contributed by atoms with Gasteiger partial charge >= 0.3 is 0 Å². The summed E-state index contributed by atoms with van der Waals surface area (Å²) in [6.45, 7) is 7.26. The fraction of sp³-hybridized carbons (Fsp3) is 0.696. The molecule has 0 atom stereocenters. The van der Waals surface area contributed by atoms with E-state index < -0.39 is 10.2 Å². The van der Waals surface area contributed by atoms with Gasteiger partial charge in [-0.1, -0.05) is 12.1 Å². The molecule has 182 valence electrons. The van der Waals surface area contributed by atoms with Gasteiger partial charge in [0, 0.05) is 50.7 Å². The highest BCUT2D eigenvalue weighted by molar-refractivity contribution is 7.87. The number of fused-ring (bicyclic) bond motifs is 1. The van der Waals surface area contributed by atoms with Gasteiger partial charge in [-0.3, -0.25) is 4.90 Å². The lowest BCUT2D eigenvalue weighted by Crippen LogP contribution is -2.50. The Morgan fingerprint density at radius 1 is 1.00 bits per heavy atom. The van der Waals surface area contributed by atoms with Crippen molar-refractivity contribution in [3.63, 3.8) is 0 Å². The smallest absolute Gasteiger partial charge is 0.279 e. The molecule has 0 bridgehead atoms. The molecule has 2 aromatic rings. The van der Waals surface area contributed by atoms with Crippen molar-refractivity contribution >= 4 is 37.6 Å². The molecule has 3 heterocycles. The van der Waals surface area contributed by atoms with Crippen LogP contribution in [0.25, 0.3) is 10.1 Å². The van der Waals surface area contributed by atoms with Gasteiger partial charge in [0.05, 0.1) is 17.9 Å². The van der Waals surface area contributed by atoms with Crippen LogP contribution >= 0.6 is 11.5 Å². The number of ether oxygens (including phenoxy) is 1. The van der Waals surface area contributed by atoms with E-state index in [9.17, 15) is 8.42 Å². The van der Waals surface area contributed by atoms with E-state index in [0.29, 0.717) is 32.2 Å². The number of nitrogens with zero attached hydrogens (tertiary/aromatic N) is 4. The molecule has 0 spiro atoms. The van der Waals surface area contributed by atoms with Crippen molar-refractivity contribution in [3.8, 4) is 0 Å². The van der Waals surface area contributed by atoms with Crippen LogP contribution in [0.5, 0.6) is 0 Å². The van der Waals surface area contributed by atoms with Crippen LogP contribution in [0.15, 0.2) is 24.3 Å². The van der Waals surface area contributed by atoms with Gasteiger partial charge in [0.25, 0.3) is 10.2 Å². The number of benzene rings is 1. The van der Waals surface area contributed by atoms with Crippen LogP contribution in [-0.2, 0) is 14.9 Å². The lowest BCUT2D eigenvalue weighted by molar-refractivity contribution is 0.0721. The predicted molar refractivity (Wildman–Crippen MR) is 133 cm³/mol. The Kier molecular flexibility index (Phi) is 7.48. The van der Waals surface area contributed by atoms with E-state index in [2.05, 4.69) is 38.8 Å². The number of morpholine rings is 1. The molecule has 0 radical (unpaired) electrons. The summed E-state index contributed by atoms with van der Waals surface area (Å²) in [5.41, 5.74) is 0. The first-order valence-corrected chi connectivity index (χ1v) is 14.5. The Morgan fingerprint density at radius 2 is 1.73 bits per heavy atom. The van der Waals surface area contributed by atoms with Crippen LogP contribution in [0.2, 0.25) is 0 Å². The van der Waals surface area contributed by atoms with Crippen LogP contribution in [0.1, 0.15) is 32.1 Å². The van der Waals surface area contributed by atoms with Crippen molar-refractivity contribution in [2.24, 2.45) is 5.92 Å². The first-order valence-electron chi connectivity index (χ1n) is 12.3. The van der Waals surface area contributed by atoms with E-state index in [0.717, 1.165) is 64.2 Å². The number of hydrogen-bond donors (Lipinski definition) is 1.